The lowest BCUT2D eigenvalue weighted by Gasteiger charge is -2.32. The van der Waals surface area contributed by atoms with E-state index in [9.17, 15) is 9.18 Å². The summed E-state index contributed by atoms with van der Waals surface area (Å²) in [4.78, 5) is 13.1. The molecule has 1 unspecified atom stereocenters. The topological polar surface area (TPSA) is 58.4 Å². The van der Waals surface area contributed by atoms with E-state index >= 15 is 0 Å². The van der Waals surface area contributed by atoms with Gasteiger partial charge in [-0.2, -0.15) is 5.10 Å². The Hall–Kier alpha value is -2.21. The highest BCUT2D eigenvalue weighted by atomic mass is 19.1. The number of aromatic nitrogens is 2. The molecule has 1 aromatic carbocycles. The van der Waals surface area contributed by atoms with E-state index in [1.165, 1.54) is 12.1 Å². The summed E-state index contributed by atoms with van der Waals surface area (Å²) in [6.45, 7) is 2.71. The molecule has 1 aliphatic rings. The van der Waals surface area contributed by atoms with E-state index < -0.39 is 5.97 Å². The van der Waals surface area contributed by atoms with Crippen LogP contribution in [0.3, 0.4) is 0 Å². The highest BCUT2D eigenvalue weighted by Gasteiger charge is 2.21. The molecule has 2 aromatic rings. The Morgan fingerprint density at radius 2 is 2.08 bits per heavy atom. The van der Waals surface area contributed by atoms with Crippen LogP contribution in [0.1, 0.15) is 31.4 Å². The summed E-state index contributed by atoms with van der Waals surface area (Å²) in [5, 5.41) is 13.4. The maximum Gasteiger partial charge on any atom is 0.303 e. The fourth-order valence-electron chi connectivity index (χ4n) is 3.27. The minimum absolute atomic E-state index is 0.248. The van der Waals surface area contributed by atoms with Crippen molar-refractivity contribution in [3.05, 3.63) is 48.0 Å². The Kier molecular flexibility index (Phi) is 5.25. The Bertz CT molecular complexity index is 684. The van der Waals surface area contributed by atoms with Gasteiger partial charge in [-0.05, 0) is 62.1 Å². The summed E-state index contributed by atoms with van der Waals surface area (Å²) >= 11 is 0. The van der Waals surface area contributed by atoms with E-state index in [0.717, 1.165) is 50.3 Å². The Morgan fingerprint density at radius 1 is 1.29 bits per heavy atom. The molecule has 0 bridgehead atoms. The fraction of sp³-hybridized carbons (Fsp3) is 0.444. The molecule has 1 aromatic heterocycles. The van der Waals surface area contributed by atoms with Crippen molar-refractivity contribution >= 4 is 5.97 Å². The summed E-state index contributed by atoms with van der Waals surface area (Å²) in [5.41, 5.74) is 1.80. The van der Waals surface area contributed by atoms with E-state index in [1.807, 2.05) is 12.3 Å². The Labute approximate surface area is 140 Å². The third-order valence-electron chi connectivity index (χ3n) is 4.49. The van der Waals surface area contributed by atoms with Crippen LogP contribution in [0.5, 0.6) is 0 Å². The Morgan fingerprint density at radius 3 is 2.83 bits per heavy atom. The lowest BCUT2D eigenvalue weighted by Crippen LogP contribution is -2.35. The lowest BCUT2D eigenvalue weighted by molar-refractivity contribution is -0.137. The molecule has 24 heavy (non-hydrogen) atoms. The van der Waals surface area contributed by atoms with Crippen molar-refractivity contribution in [1.82, 2.24) is 14.7 Å². The normalized spacial score (nSPS) is 18.6. The van der Waals surface area contributed by atoms with Gasteiger partial charge in [0.1, 0.15) is 5.82 Å². The van der Waals surface area contributed by atoms with Gasteiger partial charge in [-0.3, -0.25) is 9.69 Å². The summed E-state index contributed by atoms with van der Waals surface area (Å²) in [6, 6.07) is 8.23. The zero-order chi connectivity index (χ0) is 16.9. The summed E-state index contributed by atoms with van der Waals surface area (Å²) in [6.07, 6.45) is 5.08. The van der Waals surface area contributed by atoms with Crippen LogP contribution >= 0.6 is 0 Å². The monoisotopic (exact) mass is 331 g/mol. The summed E-state index contributed by atoms with van der Waals surface area (Å²) in [7, 11) is 0. The van der Waals surface area contributed by atoms with E-state index in [4.69, 9.17) is 5.11 Å². The number of halogens is 1. The van der Waals surface area contributed by atoms with E-state index in [1.54, 1.807) is 16.8 Å². The Balaban J connectivity index is 1.58. The predicted octanol–water partition coefficient (Wildman–Crippen LogP) is 3.09. The van der Waals surface area contributed by atoms with Crippen LogP contribution in [0.4, 0.5) is 4.39 Å². The molecule has 3 rings (SSSR count). The zero-order valence-electron chi connectivity index (χ0n) is 13.6. The van der Waals surface area contributed by atoms with Gasteiger partial charge in [0.2, 0.25) is 0 Å². The van der Waals surface area contributed by atoms with Gasteiger partial charge in [-0.1, -0.05) is 0 Å². The average molecular weight is 331 g/mol. The number of hydrogen-bond donors (Lipinski definition) is 1. The molecule has 1 N–H and O–H groups in total. The molecule has 0 radical (unpaired) electrons. The van der Waals surface area contributed by atoms with Crippen LogP contribution in [-0.2, 0) is 11.3 Å². The van der Waals surface area contributed by atoms with Gasteiger partial charge in [0, 0.05) is 25.7 Å². The molecule has 0 saturated carbocycles. The van der Waals surface area contributed by atoms with Crippen LogP contribution in [0.15, 0.2) is 36.5 Å². The number of hydrogen-bond acceptors (Lipinski definition) is 3. The number of carbonyl (C=O) groups is 1. The second-order valence-corrected chi connectivity index (χ2v) is 6.40. The van der Waals surface area contributed by atoms with Crippen LogP contribution in [0, 0.1) is 11.7 Å². The molecule has 0 spiro atoms. The molecule has 128 valence electrons. The third-order valence-corrected chi connectivity index (χ3v) is 4.49. The van der Waals surface area contributed by atoms with Crippen LogP contribution in [0.2, 0.25) is 0 Å². The van der Waals surface area contributed by atoms with Crippen molar-refractivity contribution in [1.29, 1.82) is 0 Å². The first-order valence-electron chi connectivity index (χ1n) is 8.35. The van der Waals surface area contributed by atoms with Crippen molar-refractivity contribution in [2.24, 2.45) is 5.92 Å². The first-order valence-corrected chi connectivity index (χ1v) is 8.35. The second kappa shape index (κ2) is 7.57. The molecule has 1 aliphatic heterocycles. The third kappa shape index (κ3) is 4.41. The van der Waals surface area contributed by atoms with Crippen molar-refractivity contribution in [2.45, 2.75) is 32.2 Å². The van der Waals surface area contributed by atoms with Crippen molar-refractivity contribution in [3.8, 4) is 5.69 Å². The molecular weight excluding hydrogens is 309 g/mol. The highest BCUT2D eigenvalue weighted by Crippen LogP contribution is 2.22. The predicted molar refractivity (Wildman–Crippen MR) is 88.4 cm³/mol. The van der Waals surface area contributed by atoms with Crippen molar-refractivity contribution < 1.29 is 14.3 Å². The number of rotatable bonds is 6. The molecule has 6 heteroatoms. The number of piperidine rings is 1. The molecular formula is C18H22FN3O2. The summed E-state index contributed by atoms with van der Waals surface area (Å²) in [5.74, 6) is -0.522. The van der Waals surface area contributed by atoms with Crippen molar-refractivity contribution in [2.75, 3.05) is 13.1 Å². The van der Waals surface area contributed by atoms with E-state index in [-0.39, 0.29) is 12.2 Å². The van der Waals surface area contributed by atoms with Gasteiger partial charge in [0.25, 0.3) is 0 Å². The first-order chi connectivity index (χ1) is 11.6. The molecule has 1 saturated heterocycles. The number of nitrogens with zero attached hydrogens (tertiary/aromatic N) is 3. The van der Waals surface area contributed by atoms with Gasteiger partial charge >= 0.3 is 5.97 Å². The van der Waals surface area contributed by atoms with E-state index in [2.05, 4.69) is 10.00 Å². The van der Waals surface area contributed by atoms with Gasteiger partial charge in [0.15, 0.2) is 0 Å². The maximum absolute atomic E-state index is 13.0. The van der Waals surface area contributed by atoms with Gasteiger partial charge < -0.3 is 5.11 Å². The fourth-order valence-corrected chi connectivity index (χ4v) is 3.27. The standard InChI is InChI=1S/C18H22FN3O2/c19-15-4-6-17(7-5-15)22-11-9-16(20-22)13-21-10-1-2-14(12-21)3-8-18(23)24/h4-7,9,11,14H,1-3,8,10,12-13H2,(H,23,24). The summed E-state index contributed by atoms with van der Waals surface area (Å²) < 4.78 is 14.7. The van der Waals surface area contributed by atoms with Gasteiger partial charge in [-0.15, -0.1) is 0 Å². The largest absolute Gasteiger partial charge is 0.481 e. The maximum atomic E-state index is 13.0. The number of aliphatic carboxylic acids is 1. The SMILES string of the molecule is O=C(O)CCC1CCCN(Cc2ccn(-c3ccc(F)cc3)n2)C1. The minimum Gasteiger partial charge on any atom is -0.481 e. The number of likely N-dealkylation sites (tertiary alicyclic amines) is 1. The lowest BCUT2D eigenvalue weighted by atomic mass is 9.93. The molecule has 1 atom stereocenters. The second-order valence-electron chi connectivity index (χ2n) is 6.40. The molecule has 5 nitrogen and oxygen atoms in total. The first kappa shape index (κ1) is 16.6. The average Bonchev–Trinajstić information content (AvgIpc) is 3.02. The number of carboxylic acids is 1. The zero-order valence-corrected chi connectivity index (χ0v) is 13.6. The van der Waals surface area contributed by atoms with Crippen molar-refractivity contribution in [3.63, 3.8) is 0 Å². The van der Waals surface area contributed by atoms with Crippen LogP contribution in [-0.4, -0.2) is 38.8 Å². The van der Waals surface area contributed by atoms with E-state index in [0.29, 0.717) is 5.92 Å². The van der Waals surface area contributed by atoms with Gasteiger partial charge in [-0.25, -0.2) is 9.07 Å². The van der Waals surface area contributed by atoms with Crippen LogP contribution in [0.25, 0.3) is 5.69 Å². The smallest absolute Gasteiger partial charge is 0.303 e. The number of benzene rings is 1. The number of carboxylic acid groups (broad SMARTS) is 1. The van der Waals surface area contributed by atoms with Gasteiger partial charge in [0.05, 0.1) is 11.4 Å². The quantitative estimate of drug-likeness (QED) is 0.884. The molecule has 0 aliphatic carbocycles. The molecule has 1 fully saturated rings. The van der Waals surface area contributed by atoms with Crippen LogP contribution < -0.4 is 0 Å². The minimum atomic E-state index is -0.717. The highest BCUT2D eigenvalue weighted by molar-refractivity contribution is 5.66. The molecule has 2 heterocycles. The molecule has 0 amide bonds.